The summed E-state index contributed by atoms with van der Waals surface area (Å²) >= 11 is 0. The van der Waals surface area contributed by atoms with Crippen LogP contribution in [0.25, 0.3) is 0 Å². The van der Waals surface area contributed by atoms with Crippen LogP contribution in [0, 0.1) is 6.92 Å². The maximum absolute atomic E-state index is 12.3. The van der Waals surface area contributed by atoms with E-state index in [9.17, 15) is 9.59 Å². The zero-order chi connectivity index (χ0) is 16.7. The summed E-state index contributed by atoms with van der Waals surface area (Å²) in [6, 6.07) is 14.4. The van der Waals surface area contributed by atoms with Gasteiger partial charge in [-0.3, -0.25) is 9.59 Å². The number of hydrogen-bond donors (Lipinski definition) is 2. The summed E-state index contributed by atoms with van der Waals surface area (Å²) in [6.45, 7) is 4.63. The van der Waals surface area contributed by atoms with Gasteiger partial charge in [0.25, 0.3) is 11.8 Å². The van der Waals surface area contributed by atoms with Crippen LogP contribution in [0.5, 0.6) is 0 Å². The molecule has 0 aliphatic heterocycles. The maximum Gasteiger partial charge on any atom is 0.255 e. The van der Waals surface area contributed by atoms with Crippen LogP contribution in [0.4, 0.5) is 5.69 Å². The van der Waals surface area contributed by atoms with Gasteiger partial charge in [0.15, 0.2) is 0 Å². The average molecular weight is 310 g/mol. The largest absolute Gasteiger partial charge is 0.352 e. The van der Waals surface area contributed by atoms with Gasteiger partial charge in [-0.1, -0.05) is 37.6 Å². The molecule has 0 bridgehead atoms. The molecule has 2 rings (SSSR count). The normalized spacial score (nSPS) is 10.2. The number of aryl methyl sites for hydroxylation is 1. The van der Waals surface area contributed by atoms with Crippen molar-refractivity contribution in [2.75, 3.05) is 11.9 Å². The molecule has 0 aromatic heterocycles. The van der Waals surface area contributed by atoms with Crippen molar-refractivity contribution in [3.8, 4) is 0 Å². The number of unbranched alkanes of at least 4 members (excludes halogenated alkanes) is 1. The highest BCUT2D eigenvalue weighted by Crippen LogP contribution is 2.14. The number of amides is 2. The van der Waals surface area contributed by atoms with Crippen LogP contribution in [0.15, 0.2) is 48.5 Å². The van der Waals surface area contributed by atoms with Crippen molar-refractivity contribution in [2.45, 2.75) is 26.7 Å². The number of carbonyl (C=O) groups excluding carboxylic acids is 2. The van der Waals surface area contributed by atoms with Gasteiger partial charge in [-0.15, -0.1) is 0 Å². The van der Waals surface area contributed by atoms with Crippen molar-refractivity contribution >= 4 is 17.5 Å². The lowest BCUT2D eigenvalue weighted by atomic mass is 10.1. The van der Waals surface area contributed by atoms with E-state index >= 15 is 0 Å². The first-order valence-electron chi connectivity index (χ1n) is 7.87. The van der Waals surface area contributed by atoms with Crippen molar-refractivity contribution < 1.29 is 9.59 Å². The molecular formula is C19H22N2O2. The van der Waals surface area contributed by atoms with E-state index in [2.05, 4.69) is 17.6 Å². The van der Waals surface area contributed by atoms with Crippen LogP contribution in [0.2, 0.25) is 0 Å². The highest BCUT2D eigenvalue weighted by atomic mass is 16.2. The predicted molar refractivity (Wildman–Crippen MR) is 92.8 cm³/mol. The zero-order valence-electron chi connectivity index (χ0n) is 13.6. The van der Waals surface area contributed by atoms with Gasteiger partial charge in [0.05, 0.1) is 0 Å². The van der Waals surface area contributed by atoms with Crippen molar-refractivity contribution in [1.82, 2.24) is 5.32 Å². The minimum Gasteiger partial charge on any atom is -0.352 e. The molecule has 4 nitrogen and oxygen atoms in total. The van der Waals surface area contributed by atoms with Crippen LogP contribution >= 0.6 is 0 Å². The lowest BCUT2D eigenvalue weighted by Gasteiger charge is -2.09. The van der Waals surface area contributed by atoms with Crippen molar-refractivity contribution in [1.29, 1.82) is 0 Å². The van der Waals surface area contributed by atoms with Gasteiger partial charge < -0.3 is 10.6 Å². The second-order valence-corrected chi connectivity index (χ2v) is 5.46. The first-order chi connectivity index (χ1) is 11.1. The molecule has 0 saturated heterocycles. The van der Waals surface area contributed by atoms with Crippen LogP contribution in [0.3, 0.4) is 0 Å². The predicted octanol–water partition coefficient (Wildman–Crippen LogP) is 3.78. The molecule has 0 spiro atoms. The monoisotopic (exact) mass is 310 g/mol. The van der Waals surface area contributed by atoms with Crippen molar-refractivity contribution in [2.24, 2.45) is 0 Å². The van der Waals surface area contributed by atoms with Crippen LogP contribution in [-0.4, -0.2) is 18.4 Å². The Morgan fingerprint density at radius 3 is 2.52 bits per heavy atom. The summed E-state index contributed by atoms with van der Waals surface area (Å²) in [5, 5.41) is 5.71. The van der Waals surface area contributed by atoms with Gasteiger partial charge in [0.1, 0.15) is 0 Å². The van der Waals surface area contributed by atoms with E-state index in [1.807, 2.05) is 25.1 Å². The Labute approximate surface area is 136 Å². The molecule has 0 aliphatic carbocycles. The third kappa shape index (κ3) is 4.68. The Morgan fingerprint density at radius 1 is 1.00 bits per heavy atom. The molecule has 2 aromatic carbocycles. The molecule has 0 atom stereocenters. The average Bonchev–Trinajstić information content (AvgIpc) is 2.55. The van der Waals surface area contributed by atoms with Crippen LogP contribution in [0.1, 0.15) is 46.0 Å². The fraction of sp³-hybridized carbons (Fsp3) is 0.263. The molecule has 0 aliphatic rings. The fourth-order valence-corrected chi connectivity index (χ4v) is 2.25. The zero-order valence-corrected chi connectivity index (χ0v) is 13.6. The quantitative estimate of drug-likeness (QED) is 0.798. The number of benzene rings is 2. The molecule has 2 N–H and O–H groups in total. The molecule has 120 valence electrons. The van der Waals surface area contributed by atoms with Crippen molar-refractivity contribution in [3.63, 3.8) is 0 Å². The summed E-state index contributed by atoms with van der Waals surface area (Å²) in [5.74, 6) is -0.294. The minimum atomic E-state index is -0.174. The number of nitrogens with one attached hydrogen (secondary N) is 2. The molecule has 0 fully saturated rings. The SMILES string of the molecule is CCCCNC(=O)c1cccc(NC(=O)c2ccccc2C)c1. The Bertz CT molecular complexity index is 695. The second kappa shape index (κ2) is 8.13. The van der Waals surface area contributed by atoms with Gasteiger partial charge in [-0.2, -0.15) is 0 Å². The molecule has 0 saturated carbocycles. The molecule has 0 heterocycles. The van der Waals surface area contributed by atoms with Crippen LogP contribution < -0.4 is 10.6 Å². The smallest absolute Gasteiger partial charge is 0.255 e. The molecule has 4 heteroatoms. The summed E-state index contributed by atoms with van der Waals surface area (Å²) in [6.07, 6.45) is 1.99. The van der Waals surface area contributed by atoms with E-state index in [1.54, 1.807) is 30.3 Å². The Morgan fingerprint density at radius 2 is 1.78 bits per heavy atom. The maximum atomic E-state index is 12.3. The first-order valence-corrected chi connectivity index (χ1v) is 7.87. The van der Waals surface area contributed by atoms with Gasteiger partial charge in [-0.05, 0) is 43.2 Å². The van der Waals surface area contributed by atoms with E-state index in [0.29, 0.717) is 23.4 Å². The van der Waals surface area contributed by atoms with Crippen LogP contribution in [-0.2, 0) is 0 Å². The van der Waals surface area contributed by atoms with Gasteiger partial charge >= 0.3 is 0 Å². The number of hydrogen-bond acceptors (Lipinski definition) is 2. The summed E-state index contributed by atoms with van der Waals surface area (Å²) in [4.78, 5) is 24.4. The van der Waals surface area contributed by atoms with E-state index in [1.165, 1.54) is 0 Å². The lowest BCUT2D eigenvalue weighted by Crippen LogP contribution is -2.24. The number of carbonyl (C=O) groups is 2. The lowest BCUT2D eigenvalue weighted by molar-refractivity contribution is 0.0951. The standard InChI is InChI=1S/C19H22N2O2/c1-3-4-12-20-18(22)15-9-7-10-16(13-15)21-19(23)17-11-6-5-8-14(17)2/h5-11,13H,3-4,12H2,1-2H3,(H,20,22)(H,21,23). The Hall–Kier alpha value is -2.62. The fourth-order valence-electron chi connectivity index (χ4n) is 2.25. The highest BCUT2D eigenvalue weighted by Gasteiger charge is 2.10. The van der Waals surface area contributed by atoms with Gasteiger partial charge in [0.2, 0.25) is 0 Å². The van der Waals surface area contributed by atoms with E-state index in [0.717, 1.165) is 18.4 Å². The summed E-state index contributed by atoms with van der Waals surface area (Å²) in [7, 11) is 0. The topological polar surface area (TPSA) is 58.2 Å². The van der Waals surface area contributed by atoms with E-state index in [4.69, 9.17) is 0 Å². The van der Waals surface area contributed by atoms with E-state index in [-0.39, 0.29) is 11.8 Å². The molecule has 23 heavy (non-hydrogen) atoms. The third-order valence-electron chi connectivity index (χ3n) is 3.59. The van der Waals surface area contributed by atoms with Crippen molar-refractivity contribution in [3.05, 3.63) is 65.2 Å². The Kier molecular flexibility index (Phi) is 5.92. The third-order valence-corrected chi connectivity index (χ3v) is 3.59. The summed E-state index contributed by atoms with van der Waals surface area (Å²) < 4.78 is 0. The number of rotatable bonds is 6. The molecular weight excluding hydrogens is 288 g/mol. The molecule has 2 amide bonds. The highest BCUT2D eigenvalue weighted by molar-refractivity contribution is 6.06. The van der Waals surface area contributed by atoms with E-state index < -0.39 is 0 Å². The minimum absolute atomic E-state index is 0.120. The number of anilines is 1. The van der Waals surface area contributed by atoms with Gasteiger partial charge in [-0.25, -0.2) is 0 Å². The first kappa shape index (κ1) is 16.7. The second-order valence-electron chi connectivity index (χ2n) is 5.46. The Balaban J connectivity index is 2.07. The molecule has 0 radical (unpaired) electrons. The molecule has 2 aromatic rings. The molecule has 0 unspecified atom stereocenters. The summed E-state index contributed by atoms with van der Waals surface area (Å²) in [5.41, 5.74) is 2.70. The van der Waals surface area contributed by atoms with Gasteiger partial charge in [0, 0.05) is 23.4 Å².